The molecule has 0 aliphatic heterocycles. The molecule has 3 aromatic carbocycles. The molecule has 0 heterocycles. The van der Waals surface area contributed by atoms with Crippen LogP contribution in [0.1, 0.15) is 11.1 Å². The van der Waals surface area contributed by atoms with Crippen molar-refractivity contribution in [2.24, 2.45) is 5.10 Å². The van der Waals surface area contributed by atoms with E-state index in [2.05, 4.69) is 59.7 Å². The number of benzene rings is 3. The minimum absolute atomic E-state index is 0.0615. The molecule has 0 bridgehead atoms. The van der Waals surface area contributed by atoms with Crippen molar-refractivity contribution in [2.75, 3.05) is 13.7 Å². The minimum atomic E-state index is -3.96. The second-order valence-corrected chi connectivity index (χ2v) is 11.4. The molecule has 11 heteroatoms. The average Bonchev–Trinajstić information content (AvgIpc) is 2.88. The third-order valence-corrected chi connectivity index (χ3v) is 7.76. The number of terminal acetylenes is 1. The van der Waals surface area contributed by atoms with Crippen LogP contribution < -0.4 is 19.6 Å². The van der Waals surface area contributed by atoms with Gasteiger partial charge in [-0.1, -0.05) is 36.3 Å². The van der Waals surface area contributed by atoms with Crippen molar-refractivity contribution in [3.05, 3.63) is 85.9 Å². The zero-order valence-corrected chi connectivity index (χ0v) is 24.2. The Morgan fingerprint density at radius 1 is 1.19 bits per heavy atom. The van der Waals surface area contributed by atoms with Crippen molar-refractivity contribution >= 4 is 60.7 Å². The van der Waals surface area contributed by atoms with E-state index in [4.69, 9.17) is 15.9 Å². The number of rotatable bonds is 11. The van der Waals surface area contributed by atoms with Gasteiger partial charge in [0, 0.05) is 3.57 Å². The molecule has 8 nitrogen and oxygen atoms in total. The first-order valence-electron chi connectivity index (χ1n) is 10.8. The van der Waals surface area contributed by atoms with Gasteiger partial charge in [-0.25, -0.2) is 13.8 Å². The number of methoxy groups -OCH3 is 1. The van der Waals surface area contributed by atoms with Crippen molar-refractivity contribution in [3.63, 3.8) is 0 Å². The number of carbonyl (C=O) groups is 1. The van der Waals surface area contributed by atoms with Crippen LogP contribution in [0.3, 0.4) is 0 Å². The van der Waals surface area contributed by atoms with E-state index in [1.165, 1.54) is 25.5 Å². The van der Waals surface area contributed by atoms with Crippen molar-refractivity contribution in [3.8, 4) is 23.8 Å². The Kier molecular flexibility index (Phi) is 10.5. The van der Waals surface area contributed by atoms with Crippen LogP contribution in [0.2, 0.25) is 0 Å². The van der Waals surface area contributed by atoms with Crippen molar-refractivity contribution in [1.82, 2.24) is 10.1 Å². The van der Waals surface area contributed by atoms with E-state index in [9.17, 15) is 13.2 Å². The van der Waals surface area contributed by atoms with E-state index < -0.39 is 22.0 Å². The molecule has 37 heavy (non-hydrogen) atoms. The number of amides is 1. The second-order valence-electron chi connectivity index (χ2n) is 7.58. The molecule has 3 rings (SSSR count). The molecule has 2 N–H and O–H groups in total. The number of nitrogens with zero attached hydrogens (tertiary/aromatic N) is 1. The summed E-state index contributed by atoms with van der Waals surface area (Å²) in [6, 6.07) is 17.7. The highest BCUT2D eigenvalue weighted by Gasteiger charge is 2.26. The molecule has 0 saturated carbocycles. The van der Waals surface area contributed by atoms with E-state index in [1.807, 2.05) is 30.3 Å². The first-order chi connectivity index (χ1) is 17.7. The van der Waals surface area contributed by atoms with Gasteiger partial charge in [0.2, 0.25) is 10.0 Å². The molecule has 0 unspecified atom stereocenters. The van der Waals surface area contributed by atoms with Crippen molar-refractivity contribution < 1.29 is 22.7 Å². The lowest BCUT2D eigenvalue weighted by molar-refractivity contribution is -0.122. The molecular formula is C26H23BrIN3O5S. The predicted molar refractivity (Wildman–Crippen MR) is 154 cm³/mol. The maximum Gasteiger partial charge on any atom is 0.258 e. The van der Waals surface area contributed by atoms with Crippen LogP contribution in [0.4, 0.5) is 0 Å². The Bertz CT molecular complexity index is 1410. The fourth-order valence-corrected chi connectivity index (χ4v) is 5.35. The lowest BCUT2D eigenvalue weighted by atomic mass is 10.1. The van der Waals surface area contributed by atoms with Gasteiger partial charge in [0.25, 0.3) is 5.91 Å². The van der Waals surface area contributed by atoms with E-state index in [1.54, 1.807) is 24.3 Å². The van der Waals surface area contributed by atoms with Crippen LogP contribution in [0, 0.1) is 15.9 Å². The number of hydrogen-bond donors (Lipinski definition) is 2. The van der Waals surface area contributed by atoms with Crippen LogP contribution in [0.25, 0.3) is 0 Å². The van der Waals surface area contributed by atoms with Gasteiger partial charge in [-0.15, -0.1) is 6.42 Å². The maximum absolute atomic E-state index is 13.0. The zero-order valence-electron chi connectivity index (χ0n) is 19.6. The van der Waals surface area contributed by atoms with Crippen LogP contribution in [0.15, 0.2) is 81.2 Å². The Hall–Kier alpha value is -2.92. The molecule has 0 spiro atoms. The predicted octanol–water partition coefficient (Wildman–Crippen LogP) is 4.11. The van der Waals surface area contributed by atoms with Gasteiger partial charge in [-0.05, 0) is 92.5 Å². The third kappa shape index (κ3) is 8.29. The summed E-state index contributed by atoms with van der Waals surface area (Å²) in [5, 5.41) is 4.02. The summed E-state index contributed by atoms with van der Waals surface area (Å²) in [7, 11) is -2.48. The third-order valence-electron chi connectivity index (χ3n) is 4.96. The Labute approximate surface area is 238 Å². The number of carbonyl (C=O) groups excluding carboxylic acids is 1. The van der Waals surface area contributed by atoms with E-state index >= 15 is 0 Å². The Balaban J connectivity index is 1.79. The number of halogens is 2. The molecule has 3 aromatic rings. The molecule has 1 atom stereocenters. The standard InChI is InChI=1S/C26H23BrIN3O5S/c1-3-13-36-25-22(27)14-19(16-24(25)35-2)17-29-30-26(32)23(15-18-7-5-4-6-8-18)31-37(33,34)21-11-9-20(28)10-12-21/h1,4-12,14,16-17,23,31H,13,15H2,2H3,(H,30,32)/b29-17-/t23-/m0/s1. The normalized spacial score (nSPS) is 12.1. The first kappa shape index (κ1) is 28.6. The average molecular weight is 696 g/mol. The lowest BCUT2D eigenvalue weighted by Gasteiger charge is -2.17. The number of sulfonamides is 1. The SMILES string of the molecule is C#CCOc1c(Br)cc(/C=N\NC(=O)[C@H](Cc2ccccc2)NS(=O)(=O)c2ccc(I)cc2)cc1OC. The van der Waals surface area contributed by atoms with Gasteiger partial charge < -0.3 is 9.47 Å². The lowest BCUT2D eigenvalue weighted by Crippen LogP contribution is -2.46. The van der Waals surface area contributed by atoms with Gasteiger partial charge in [-0.2, -0.15) is 9.82 Å². The highest BCUT2D eigenvalue weighted by molar-refractivity contribution is 14.1. The van der Waals surface area contributed by atoms with Gasteiger partial charge in [-0.3, -0.25) is 4.79 Å². The largest absolute Gasteiger partial charge is 0.493 e. The molecule has 0 fully saturated rings. The molecule has 0 aromatic heterocycles. The van der Waals surface area contributed by atoms with E-state index in [0.717, 1.165) is 9.13 Å². The van der Waals surface area contributed by atoms with Crippen LogP contribution >= 0.6 is 38.5 Å². The fourth-order valence-electron chi connectivity index (χ4n) is 3.22. The van der Waals surface area contributed by atoms with Crippen LogP contribution in [-0.2, 0) is 21.2 Å². The summed E-state index contributed by atoms with van der Waals surface area (Å²) in [6.45, 7) is 0.0688. The number of hydrogen-bond acceptors (Lipinski definition) is 6. The van der Waals surface area contributed by atoms with Gasteiger partial charge in [0.15, 0.2) is 11.5 Å². The summed E-state index contributed by atoms with van der Waals surface area (Å²) < 4.78 is 40.8. The summed E-state index contributed by atoms with van der Waals surface area (Å²) >= 11 is 5.50. The Morgan fingerprint density at radius 3 is 2.54 bits per heavy atom. The van der Waals surface area contributed by atoms with Gasteiger partial charge in [0.05, 0.1) is 22.7 Å². The van der Waals surface area contributed by atoms with Crippen molar-refractivity contribution in [1.29, 1.82) is 0 Å². The van der Waals surface area contributed by atoms with E-state index in [0.29, 0.717) is 21.5 Å². The highest BCUT2D eigenvalue weighted by atomic mass is 127. The molecule has 192 valence electrons. The van der Waals surface area contributed by atoms with Gasteiger partial charge >= 0.3 is 0 Å². The number of nitrogens with one attached hydrogen (secondary N) is 2. The highest BCUT2D eigenvalue weighted by Crippen LogP contribution is 2.36. The number of hydrazone groups is 1. The second kappa shape index (κ2) is 13.6. The zero-order chi connectivity index (χ0) is 26.8. The smallest absolute Gasteiger partial charge is 0.258 e. The maximum atomic E-state index is 13.0. The monoisotopic (exact) mass is 695 g/mol. The van der Waals surface area contributed by atoms with Crippen molar-refractivity contribution in [2.45, 2.75) is 17.4 Å². The molecular weight excluding hydrogens is 673 g/mol. The summed E-state index contributed by atoms with van der Waals surface area (Å²) in [5.41, 5.74) is 3.81. The topological polar surface area (TPSA) is 106 Å². The van der Waals surface area contributed by atoms with E-state index in [-0.39, 0.29) is 17.9 Å². The number of ether oxygens (including phenoxy) is 2. The minimum Gasteiger partial charge on any atom is -0.493 e. The summed E-state index contributed by atoms with van der Waals surface area (Å²) in [5.74, 6) is 2.64. The summed E-state index contributed by atoms with van der Waals surface area (Å²) in [4.78, 5) is 13.1. The fraction of sp³-hybridized carbons (Fsp3) is 0.154. The molecule has 0 saturated heterocycles. The molecule has 0 aliphatic rings. The molecule has 0 radical (unpaired) electrons. The molecule has 1 amide bonds. The first-order valence-corrected chi connectivity index (χ1v) is 14.2. The summed E-state index contributed by atoms with van der Waals surface area (Å²) in [6.07, 6.45) is 6.79. The van der Waals surface area contributed by atoms with Crippen LogP contribution in [-0.4, -0.2) is 40.3 Å². The van der Waals surface area contributed by atoms with Crippen LogP contribution in [0.5, 0.6) is 11.5 Å². The van der Waals surface area contributed by atoms with Gasteiger partial charge in [0.1, 0.15) is 12.6 Å². The quantitative estimate of drug-likeness (QED) is 0.136. The Morgan fingerprint density at radius 2 is 1.89 bits per heavy atom. The molecule has 0 aliphatic carbocycles.